The molecule has 2 aliphatic heterocycles. The van der Waals surface area contributed by atoms with Crippen molar-refractivity contribution in [2.75, 3.05) is 20.2 Å². The summed E-state index contributed by atoms with van der Waals surface area (Å²) in [6, 6.07) is 12.8. The molecule has 0 aliphatic carbocycles. The van der Waals surface area contributed by atoms with Gasteiger partial charge in [-0.25, -0.2) is 4.39 Å². The Kier molecular flexibility index (Phi) is 6.83. The maximum absolute atomic E-state index is 14.0. The number of rotatable bonds is 6. The zero-order valence-corrected chi connectivity index (χ0v) is 18.3. The second kappa shape index (κ2) is 9.56. The molecule has 30 heavy (non-hydrogen) atoms. The molecule has 8 heteroatoms. The Hall–Kier alpha value is -1.80. The van der Waals surface area contributed by atoms with Gasteiger partial charge in [-0.1, -0.05) is 29.8 Å². The molecule has 1 amide bonds. The summed E-state index contributed by atoms with van der Waals surface area (Å²) in [4.78, 5) is 15.1. The van der Waals surface area contributed by atoms with Crippen LogP contribution in [-0.4, -0.2) is 42.5 Å². The summed E-state index contributed by atoms with van der Waals surface area (Å²) in [5.74, 6) is 0.876. The average Bonchev–Trinajstić information content (AvgIpc) is 2.74. The molecule has 0 radical (unpaired) electrons. The Balaban J connectivity index is 1.32. The van der Waals surface area contributed by atoms with Crippen LogP contribution in [0.15, 0.2) is 42.5 Å². The normalized spacial score (nSPS) is 24.2. The van der Waals surface area contributed by atoms with Gasteiger partial charge in [0.15, 0.2) is 0 Å². The van der Waals surface area contributed by atoms with Crippen molar-refractivity contribution in [3.8, 4) is 5.75 Å². The standard InChI is InChI=1S/C22H25ClFN3O2S/c1-29-15-7-5-14(6-8-15)11-27-10-9-20-16(12-27)21(28)26-22(25-20)30-13-17-18(23)3-2-4-19(17)24/h2-8,16,20,22,25H,9-13H2,1H3,(H,26,28). The first-order valence-corrected chi connectivity index (χ1v) is 11.4. The van der Waals surface area contributed by atoms with Crippen LogP contribution in [0.2, 0.25) is 5.02 Å². The van der Waals surface area contributed by atoms with Gasteiger partial charge in [0.2, 0.25) is 5.91 Å². The molecule has 2 fully saturated rings. The number of piperidine rings is 1. The highest BCUT2D eigenvalue weighted by Crippen LogP contribution is 2.29. The Labute approximate surface area is 185 Å². The highest BCUT2D eigenvalue weighted by atomic mass is 35.5. The van der Waals surface area contributed by atoms with Crippen LogP contribution in [0, 0.1) is 11.7 Å². The van der Waals surface area contributed by atoms with Crippen LogP contribution in [-0.2, 0) is 17.1 Å². The molecule has 3 unspecified atom stereocenters. The van der Waals surface area contributed by atoms with Gasteiger partial charge in [-0.05, 0) is 36.2 Å². The van der Waals surface area contributed by atoms with Gasteiger partial charge in [0.1, 0.15) is 17.1 Å². The lowest BCUT2D eigenvalue weighted by Crippen LogP contribution is -2.64. The zero-order valence-electron chi connectivity index (χ0n) is 16.7. The predicted molar refractivity (Wildman–Crippen MR) is 118 cm³/mol. The van der Waals surface area contributed by atoms with Crippen molar-refractivity contribution in [1.82, 2.24) is 15.5 Å². The summed E-state index contributed by atoms with van der Waals surface area (Å²) in [6.45, 7) is 2.44. The molecule has 0 bridgehead atoms. The number of nitrogens with one attached hydrogen (secondary N) is 2. The van der Waals surface area contributed by atoms with E-state index in [9.17, 15) is 9.18 Å². The molecule has 3 atom stereocenters. The number of likely N-dealkylation sites (tertiary alicyclic amines) is 1. The molecule has 2 aliphatic rings. The Morgan fingerprint density at radius 3 is 2.80 bits per heavy atom. The van der Waals surface area contributed by atoms with Crippen molar-refractivity contribution in [2.45, 2.75) is 30.3 Å². The first-order valence-electron chi connectivity index (χ1n) is 9.99. The number of benzene rings is 2. The molecule has 2 aromatic rings. The lowest BCUT2D eigenvalue weighted by Gasteiger charge is -2.43. The second-order valence-corrected chi connectivity index (χ2v) is 9.15. The Morgan fingerprint density at radius 1 is 1.27 bits per heavy atom. The van der Waals surface area contributed by atoms with E-state index in [1.807, 2.05) is 12.1 Å². The Morgan fingerprint density at radius 2 is 2.07 bits per heavy atom. The lowest BCUT2D eigenvalue weighted by molar-refractivity contribution is -0.130. The summed E-state index contributed by atoms with van der Waals surface area (Å²) in [5, 5.41) is 6.96. The van der Waals surface area contributed by atoms with E-state index in [4.69, 9.17) is 16.3 Å². The van der Waals surface area contributed by atoms with Gasteiger partial charge < -0.3 is 10.1 Å². The quantitative estimate of drug-likeness (QED) is 0.705. The molecule has 4 rings (SSSR count). The smallest absolute Gasteiger partial charge is 0.227 e. The third-order valence-electron chi connectivity index (χ3n) is 5.69. The van der Waals surface area contributed by atoms with Crippen molar-refractivity contribution < 1.29 is 13.9 Å². The average molecular weight is 450 g/mol. The maximum atomic E-state index is 14.0. The van der Waals surface area contributed by atoms with Crippen molar-refractivity contribution in [2.24, 2.45) is 5.92 Å². The summed E-state index contributed by atoms with van der Waals surface area (Å²) >= 11 is 7.56. The number of methoxy groups -OCH3 is 1. The minimum absolute atomic E-state index is 0.0512. The number of nitrogens with zero attached hydrogens (tertiary/aromatic N) is 1. The van der Waals surface area contributed by atoms with E-state index in [0.29, 0.717) is 22.9 Å². The molecule has 0 spiro atoms. The van der Waals surface area contributed by atoms with Crippen LogP contribution in [0.25, 0.3) is 0 Å². The zero-order chi connectivity index (χ0) is 21.1. The van der Waals surface area contributed by atoms with Gasteiger partial charge in [-0.3, -0.25) is 15.0 Å². The number of carbonyl (C=O) groups is 1. The van der Waals surface area contributed by atoms with Gasteiger partial charge in [0, 0.05) is 42.0 Å². The molecule has 5 nitrogen and oxygen atoms in total. The number of fused-ring (bicyclic) bond motifs is 1. The molecular formula is C22H25ClFN3O2S. The van der Waals surface area contributed by atoms with E-state index >= 15 is 0 Å². The van der Waals surface area contributed by atoms with E-state index in [1.165, 1.54) is 23.4 Å². The number of hydrogen-bond donors (Lipinski definition) is 2. The van der Waals surface area contributed by atoms with Crippen molar-refractivity contribution in [1.29, 1.82) is 0 Å². The van der Waals surface area contributed by atoms with E-state index in [1.54, 1.807) is 19.2 Å². The molecule has 0 aromatic heterocycles. The van der Waals surface area contributed by atoms with Crippen molar-refractivity contribution >= 4 is 29.3 Å². The fourth-order valence-corrected chi connectivity index (χ4v) is 5.42. The third kappa shape index (κ3) is 4.91. The summed E-state index contributed by atoms with van der Waals surface area (Å²) in [6.07, 6.45) is 0.895. The number of hydrogen-bond acceptors (Lipinski definition) is 5. The molecule has 2 saturated heterocycles. The van der Waals surface area contributed by atoms with Crippen LogP contribution < -0.4 is 15.4 Å². The van der Waals surface area contributed by atoms with E-state index in [2.05, 4.69) is 27.7 Å². The van der Waals surface area contributed by atoms with Gasteiger partial charge in [-0.2, -0.15) is 0 Å². The summed E-state index contributed by atoms with van der Waals surface area (Å²) < 4.78 is 19.2. The van der Waals surface area contributed by atoms with Gasteiger partial charge >= 0.3 is 0 Å². The first-order chi connectivity index (χ1) is 14.5. The molecule has 2 heterocycles. The molecule has 160 valence electrons. The molecule has 2 aromatic carbocycles. The van der Waals surface area contributed by atoms with Crippen molar-refractivity contribution in [3.05, 3.63) is 64.4 Å². The van der Waals surface area contributed by atoms with Crippen molar-refractivity contribution in [3.63, 3.8) is 0 Å². The highest BCUT2D eigenvalue weighted by molar-refractivity contribution is 7.99. The number of halogens is 2. The number of ether oxygens (including phenoxy) is 1. The number of amides is 1. The fraction of sp³-hybridized carbons (Fsp3) is 0.409. The fourth-order valence-electron chi connectivity index (χ4n) is 4.02. The van der Waals surface area contributed by atoms with E-state index in [-0.39, 0.29) is 29.2 Å². The minimum atomic E-state index is -0.318. The summed E-state index contributed by atoms with van der Waals surface area (Å²) in [5.41, 5.74) is 1.42. The predicted octanol–water partition coefficient (Wildman–Crippen LogP) is 3.61. The lowest BCUT2D eigenvalue weighted by atomic mass is 9.89. The van der Waals surface area contributed by atoms with Gasteiger partial charge in [-0.15, -0.1) is 11.8 Å². The number of carbonyl (C=O) groups excluding carboxylic acids is 1. The monoisotopic (exact) mass is 449 g/mol. The van der Waals surface area contributed by atoms with Crippen LogP contribution in [0.4, 0.5) is 4.39 Å². The third-order valence-corrected chi connectivity index (χ3v) is 7.09. The van der Waals surface area contributed by atoms with Crippen LogP contribution in [0.1, 0.15) is 17.5 Å². The van der Waals surface area contributed by atoms with E-state index < -0.39 is 0 Å². The number of thioether (sulfide) groups is 1. The molecule has 2 N–H and O–H groups in total. The topological polar surface area (TPSA) is 53.6 Å². The summed E-state index contributed by atoms with van der Waals surface area (Å²) in [7, 11) is 1.66. The van der Waals surface area contributed by atoms with Gasteiger partial charge in [0.25, 0.3) is 0 Å². The minimum Gasteiger partial charge on any atom is -0.497 e. The van der Waals surface area contributed by atoms with Crippen LogP contribution in [0.3, 0.4) is 0 Å². The molecule has 0 saturated carbocycles. The largest absolute Gasteiger partial charge is 0.497 e. The van der Waals surface area contributed by atoms with Gasteiger partial charge in [0.05, 0.1) is 13.0 Å². The van der Waals surface area contributed by atoms with Crippen LogP contribution >= 0.6 is 23.4 Å². The second-order valence-electron chi connectivity index (χ2n) is 7.65. The maximum Gasteiger partial charge on any atom is 0.227 e. The van der Waals surface area contributed by atoms with Crippen LogP contribution in [0.5, 0.6) is 5.75 Å². The first kappa shape index (κ1) is 21.4. The SMILES string of the molecule is COc1ccc(CN2CCC3NC(SCc4c(F)cccc4Cl)NC(=O)C3C2)cc1. The van der Waals surface area contributed by atoms with E-state index in [0.717, 1.165) is 25.3 Å². The highest BCUT2D eigenvalue weighted by Gasteiger charge is 2.39. The molecular weight excluding hydrogens is 425 g/mol. The Bertz CT molecular complexity index is 878.